The number of aromatic amines is 1. The average Bonchev–Trinajstić information content (AvgIpc) is 2.04. The molecule has 0 saturated heterocycles. The number of alkyl halides is 1. The van der Waals surface area contributed by atoms with Crippen molar-refractivity contribution in [1.29, 1.82) is 0 Å². The molecule has 2 N–H and O–H groups in total. The summed E-state index contributed by atoms with van der Waals surface area (Å²) in [6.07, 6.45) is 2.74. The number of anilines is 1. The highest BCUT2D eigenvalue weighted by Crippen LogP contribution is 2.25. The van der Waals surface area contributed by atoms with Gasteiger partial charge in [-0.2, -0.15) is 0 Å². The number of nitrogens with one attached hydrogen (secondary N) is 2. The van der Waals surface area contributed by atoms with Crippen molar-refractivity contribution in [1.82, 2.24) is 9.97 Å². The molecule has 1 aromatic rings. The Morgan fingerprint density at radius 3 is 3.17 bits per heavy atom. The van der Waals surface area contributed by atoms with Crippen molar-refractivity contribution in [2.75, 3.05) is 5.32 Å². The van der Waals surface area contributed by atoms with Gasteiger partial charge >= 0.3 is 0 Å². The van der Waals surface area contributed by atoms with E-state index in [-0.39, 0.29) is 5.56 Å². The van der Waals surface area contributed by atoms with Crippen molar-refractivity contribution < 1.29 is 0 Å². The molecule has 0 saturated carbocycles. The van der Waals surface area contributed by atoms with Crippen LogP contribution in [0.25, 0.3) is 0 Å². The van der Waals surface area contributed by atoms with E-state index < -0.39 is 5.50 Å². The molecule has 6 heteroatoms. The molecule has 5 nitrogen and oxygen atoms in total. The molecule has 0 bridgehead atoms. The monoisotopic (exact) mass is 184 g/mol. The van der Waals surface area contributed by atoms with Crippen LogP contribution in [0.15, 0.2) is 16.1 Å². The Labute approximate surface area is 72.5 Å². The average molecular weight is 185 g/mol. The van der Waals surface area contributed by atoms with Crippen molar-refractivity contribution >= 4 is 23.8 Å². The maximum Gasteiger partial charge on any atom is 0.259 e. The third kappa shape index (κ3) is 0.984. The number of hydrogen-bond acceptors (Lipinski definition) is 4. The first-order valence-corrected chi connectivity index (χ1v) is 3.72. The lowest BCUT2D eigenvalue weighted by atomic mass is 10.3. The molecule has 0 spiro atoms. The zero-order valence-corrected chi connectivity index (χ0v) is 6.67. The highest BCUT2D eigenvalue weighted by Gasteiger charge is 2.18. The molecule has 1 aromatic heterocycles. The largest absolute Gasteiger partial charge is 0.331 e. The van der Waals surface area contributed by atoms with E-state index in [1.54, 1.807) is 0 Å². The first kappa shape index (κ1) is 7.30. The molecule has 12 heavy (non-hydrogen) atoms. The number of halogens is 1. The molecule has 62 valence electrons. The standard InChI is InChI=1S/C6H5ClN4O/c7-4-3-5(9-1-8-4)10-2-11-6(3)12/h1-2,4H,(H2,8,9,10,11,12). The summed E-state index contributed by atoms with van der Waals surface area (Å²) in [6, 6.07) is 0. The van der Waals surface area contributed by atoms with Crippen LogP contribution in [-0.4, -0.2) is 16.3 Å². The van der Waals surface area contributed by atoms with Crippen LogP contribution in [0, 0.1) is 0 Å². The summed E-state index contributed by atoms with van der Waals surface area (Å²) in [5.74, 6) is 0.466. The van der Waals surface area contributed by atoms with E-state index in [1.165, 1.54) is 12.7 Å². The Morgan fingerprint density at radius 2 is 2.42 bits per heavy atom. The molecular weight excluding hydrogens is 180 g/mol. The molecule has 2 rings (SSSR count). The van der Waals surface area contributed by atoms with E-state index in [9.17, 15) is 4.79 Å². The van der Waals surface area contributed by atoms with Gasteiger partial charge in [-0.3, -0.25) is 9.79 Å². The minimum absolute atomic E-state index is 0.260. The van der Waals surface area contributed by atoms with Gasteiger partial charge in [0.2, 0.25) is 0 Å². The van der Waals surface area contributed by atoms with Gasteiger partial charge in [0.15, 0.2) is 5.50 Å². The number of hydrogen-bond donors (Lipinski definition) is 2. The molecule has 1 unspecified atom stereocenters. The predicted molar refractivity (Wildman–Crippen MR) is 45.6 cm³/mol. The van der Waals surface area contributed by atoms with Crippen LogP contribution in [0.5, 0.6) is 0 Å². The number of aliphatic imine (C=N–C) groups is 1. The zero-order valence-electron chi connectivity index (χ0n) is 5.91. The van der Waals surface area contributed by atoms with Gasteiger partial charge in [0.25, 0.3) is 5.56 Å². The molecule has 0 fully saturated rings. The molecule has 1 aliphatic rings. The van der Waals surface area contributed by atoms with Crippen LogP contribution in [0.4, 0.5) is 5.82 Å². The fourth-order valence-electron chi connectivity index (χ4n) is 0.985. The Bertz CT molecular complexity index is 385. The molecule has 0 radical (unpaired) electrons. The maximum atomic E-state index is 11.2. The van der Waals surface area contributed by atoms with E-state index in [4.69, 9.17) is 11.6 Å². The lowest BCUT2D eigenvalue weighted by Crippen LogP contribution is -2.20. The summed E-state index contributed by atoms with van der Waals surface area (Å²) in [5.41, 5.74) is -0.537. The van der Waals surface area contributed by atoms with Crippen LogP contribution in [0.2, 0.25) is 0 Å². The third-order valence-electron chi connectivity index (χ3n) is 1.53. The maximum absolute atomic E-state index is 11.2. The molecule has 0 aliphatic carbocycles. The van der Waals surface area contributed by atoms with Gasteiger partial charge in [0, 0.05) is 0 Å². The Morgan fingerprint density at radius 1 is 1.58 bits per heavy atom. The smallest absolute Gasteiger partial charge is 0.259 e. The lowest BCUT2D eigenvalue weighted by Gasteiger charge is -2.12. The zero-order chi connectivity index (χ0) is 8.55. The van der Waals surface area contributed by atoms with E-state index in [1.807, 2.05) is 0 Å². The summed E-state index contributed by atoms with van der Waals surface area (Å²) in [4.78, 5) is 21.3. The molecule has 1 atom stereocenters. The van der Waals surface area contributed by atoms with Crippen molar-refractivity contribution in [3.63, 3.8) is 0 Å². The summed E-state index contributed by atoms with van der Waals surface area (Å²) < 4.78 is 0. The molecule has 0 amide bonds. The van der Waals surface area contributed by atoms with Gasteiger partial charge < -0.3 is 10.3 Å². The third-order valence-corrected chi connectivity index (χ3v) is 1.86. The summed E-state index contributed by atoms with van der Waals surface area (Å²) >= 11 is 5.75. The van der Waals surface area contributed by atoms with Gasteiger partial charge in [-0.05, 0) is 0 Å². The van der Waals surface area contributed by atoms with Crippen LogP contribution < -0.4 is 10.9 Å². The summed E-state index contributed by atoms with van der Waals surface area (Å²) in [5, 5.41) is 2.73. The van der Waals surface area contributed by atoms with Crippen molar-refractivity contribution in [3.05, 3.63) is 22.2 Å². The number of rotatable bonds is 0. The minimum atomic E-state index is -0.640. The quantitative estimate of drug-likeness (QED) is 0.455. The van der Waals surface area contributed by atoms with E-state index in [0.717, 1.165) is 0 Å². The molecule has 1 aliphatic heterocycles. The lowest BCUT2D eigenvalue weighted by molar-refractivity contribution is 0.937. The second-order valence-corrected chi connectivity index (χ2v) is 2.67. The highest BCUT2D eigenvalue weighted by atomic mass is 35.5. The van der Waals surface area contributed by atoms with Crippen LogP contribution in [-0.2, 0) is 0 Å². The molecule has 0 aromatic carbocycles. The predicted octanol–water partition coefficient (Wildman–Crippen LogP) is 0.461. The normalized spacial score (nSPS) is 19.9. The summed E-state index contributed by atoms with van der Waals surface area (Å²) in [7, 11) is 0. The van der Waals surface area contributed by atoms with Crippen molar-refractivity contribution in [2.24, 2.45) is 4.99 Å². The fourth-order valence-corrected chi connectivity index (χ4v) is 1.24. The van der Waals surface area contributed by atoms with Crippen LogP contribution >= 0.6 is 11.6 Å². The first-order valence-electron chi connectivity index (χ1n) is 3.29. The highest BCUT2D eigenvalue weighted by molar-refractivity contribution is 6.21. The van der Waals surface area contributed by atoms with Crippen LogP contribution in [0.3, 0.4) is 0 Å². The van der Waals surface area contributed by atoms with Crippen LogP contribution in [0.1, 0.15) is 11.1 Å². The number of nitrogens with zero attached hydrogens (tertiary/aromatic N) is 2. The summed E-state index contributed by atoms with van der Waals surface area (Å²) in [6.45, 7) is 0. The van der Waals surface area contributed by atoms with E-state index >= 15 is 0 Å². The van der Waals surface area contributed by atoms with E-state index in [2.05, 4.69) is 20.3 Å². The Kier molecular flexibility index (Phi) is 1.58. The van der Waals surface area contributed by atoms with Gasteiger partial charge in [-0.15, -0.1) is 0 Å². The molecular formula is C6H5ClN4O. The first-order chi connectivity index (χ1) is 5.79. The minimum Gasteiger partial charge on any atom is -0.331 e. The topological polar surface area (TPSA) is 70.1 Å². The van der Waals surface area contributed by atoms with Crippen molar-refractivity contribution in [3.8, 4) is 0 Å². The number of H-pyrrole nitrogens is 1. The van der Waals surface area contributed by atoms with Gasteiger partial charge in [0.05, 0.1) is 18.2 Å². The van der Waals surface area contributed by atoms with Gasteiger partial charge in [0.1, 0.15) is 5.82 Å². The number of fused-ring (bicyclic) bond motifs is 1. The van der Waals surface area contributed by atoms with E-state index in [0.29, 0.717) is 11.4 Å². The Balaban J connectivity index is 2.66. The van der Waals surface area contributed by atoms with Crippen molar-refractivity contribution in [2.45, 2.75) is 5.50 Å². The second-order valence-electron chi connectivity index (χ2n) is 2.25. The SMILES string of the molecule is O=c1[nH]cnc2c1C(Cl)N=CN2. The number of aromatic nitrogens is 2. The van der Waals surface area contributed by atoms with Gasteiger partial charge in [-0.25, -0.2) is 4.98 Å². The molecule has 2 heterocycles. The second kappa shape index (κ2) is 2.60. The Hall–Kier alpha value is -1.36. The van der Waals surface area contributed by atoms with Gasteiger partial charge in [-0.1, -0.05) is 11.6 Å². The fraction of sp³-hybridized carbons (Fsp3) is 0.167.